The molecular formula is C20H12F2N4O3S. The van der Waals surface area contributed by atoms with Gasteiger partial charge in [0.25, 0.3) is 0 Å². The van der Waals surface area contributed by atoms with Gasteiger partial charge >= 0.3 is 5.97 Å². The number of hydrogen-bond donors (Lipinski definition) is 1. The van der Waals surface area contributed by atoms with Crippen LogP contribution >= 0.6 is 11.3 Å². The first kappa shape index (κ1) is 18.4. The third-order valence-electron chi connectivity index (χ3n) is 4.69. The summed E-state index contributed by atoms with van der Waals surface area (Å²) in [6.07, 6.45) is 1.96. The molecule has 150 valence electrons. The maximum Gasteiger partial charge on any atom is 0.335 e. The minimum atomic E-state index is -1.04. The SMILES string of the molecule is O=C(O)c1ccc2c(c1)OCCc1sc(-n3nncc3-c3ccc(F)cc3F)nc1-2. The Kier molecular flexibility index (Phi) is 4.28. The summed E-state index contributed by atoms with van der Waals surface area (Å²) in [5.41, 5.74) is 1.94. The van der Waals surface area contributed by atoms with E-state index in [2.05, 4.69) is 15.3 Å². The quantitative estimate of drug-likeness (QED) is 0.533. The van der Waals surface area contributed by atoms with Crippen LogP contribution in [0.15, 0.2) is 42.6 Å². The molecule has 2 aromatic heterocycles. The molecule has 2 aromatic carbocycles. The lowest BCUT2D eigenvalue weighted by atomic mass is 10.1. The fraction of sp³-hybridized carbons (Fsp3) is 0.100. The predicted molar refractivity (Wildman–Crippen MR) is 104 cm³/mol. The van der Waals surface area contributed by atoms with Gasteiger partial charge < -0.3 is 9.84 Å². The number of benzene rings is 2. The van der Waals surface area contributed by atoms with Crippen LogP contribution in [0.25, 0.3) is 27.6 Å². The molecule has 0 radical (unpaired) electrons. The fourth-order valence-electron chi connectivity index (χ4n) is 3.29. The summed E-state index contributed by atoms with van der Waals surface area (Å²) in [7, 11) is 0. The number of nitrogens with zero attached hydrogens (tertiary/aromatic N) is 4. The van der Waals surface area contributed by atoms with E-state index in [9.17, 15) is 18.7 Å². The van der Waals surface area contributed by atoms with Gasteiger partial charge in [0.2, 0.25) is 5.13 Å². The van der Waals surface area contributed by atoms with Crippen molar-refractivity contribution in [1.82, 2.24) is 20.0 Å². The summed E-state index contributed by atoms with van der Waals surface area (Å²) < 4.78 is 34.7. The van der Waals surface area contributed by atoms with Gasteiger partial charge in [0.05, 0.1) is 29.8 Å². The third-order valence-corrected chi connectivity index (χ3v) is 5.78. The molecule has 0 spiro atoms. The summed E-state index contributed by atoms with van der Waals surface area (Å²) in [6.45, 7) is 0.363. The largest absolute Gasteiger partial charge is 0.492 e. The number of fused-ring (bicyclic) bond motifs is 3. The number of halogens is 2. The summed E-state index contributed by atoms with van der Waals surface area (Å²) in [4.78, 5) is 16.8. The maximum atomic E-state index is 14.3. The summed E-state index contributed by atoms with van der Waals surface area (Å²) in [5, 5.41) is 17.6. The number of ether oxygens (including phenoxy) is 1. The van der Waals surface area contributed by atoms with E-state index >= 15 is 0 Å². The van der Waals surface area contributed by atoms with Crippen LogP contribution in [-0.2, 0) is 6.42 Å². The van der Waals surface area contributed by atoms with Gasteiger partial charge in [-0.2, -0.15) is 4.68 Å². The van der Waals surface area contributed by atoms with Gasteiger partial charge in [-0.15, -0.1) is 5.10 Å². The lowest BCUT2D eigenvalue weighted by Crippen LogP contribution is -2.02. The van der Waals surface area contributed by atoms with Crippen LogP contribution in [-0.4, -0.2) is 37.7 Å². The Hall–Kier alpha value is -3.66. The highest BCUT2D eigenvalue weighted by atomic mass is 32.1. The van der Waals surface area contributed by atoms with E-state index in [0.717, 1.165) is 10.9 Å². The van der Waals surface area contributed by atoms with E-state index in [0.29, 0.717) is 40.9 Å². The molecule has 10 heteroatoms. The van der Waals surface area contributed by atoms with Crippen molar-refractivity contribution in [2.75, 3.05) is 6.61 Å². The predicted octanol–water partition coefficient (Wildman–Crippen LogP) is 3.97. The zero-order chi connectivity index (χ0) is 20.8. The molecular weight excluding hydrogens is 414 g/mol. The fourth-order valence-corrected chi connectivity index (χ4v) is 4.31. The van der Waals surface area contributed by atoms with Gasteiger partial charge in [0, 0.05) is 28.5 Å². The van der Waals surface area contributed by atoms with Gasteiger partial charge in [-0.05, 0) is 30.3 Å². The monoisotopic (exact) mass is 426 g/mol. The Morgan fingerprint density at radius 1 is 1.17 bits per heavy atom. The minimum Gasteiger partial charge on any atom is -0.492 e. The Morgan fingerprint density at radius 2 is 2.00 bits per heavy atom. The number of thiazole rings is 1. The van der Waals surface area contributed by atoms with Crippen molar-refractivity contribution in [2.45, 2.75) is 6.42 Å². The molecule has 0 saturated carbocycles. The molecule has 5 rings (SSSR count). The lowest BCUT2D eigenvalue weighted by Gasteiger charge is -2.08. The van der Waals surface area contributed by atoms with Gasteiger partial charge in [-0.3, -0.25) is 0 Å². The Balaban J connectivity index is 1.62. The smallest absolute Gasteiger partial charge is 0.335 e. The number of carboxylic acid groups (broad SMARTS) is 1. The van der Waals surface area contributed by atoms with Gasteiger partial charge in [-0.25, -0.2) is 18.6 Å². The first-order chi connectivity index (χ1) is 14.5. The van der Waals surface area contributed by atoms with Crippen molar-refractivity contribution in [2.24, 2.45) is 0 Å². The van der Waals surface area contributed by atoms with Crippen LogP contribution in [0, 0.1) is 11.6 Å². The average molecular weight is 426 g/mol. The molecule has 0 aliphatic carbocycles. The van der Waals surface area contributed by atoms with Gasteiger partial charge in [0.1, 0.15) is 17.4 Å². The number of hydrogen-bond acceptors (Lipinski definition) is 6. The zero-order valence-corrected chi connectivity index (χ0v) is 16.0. The Morgan fingerprint density at radius 3 is 2.80 bits per heavy atom. The third kappa shape index (κ3) is 3.01. The standard InChI is InChI=1S/C20H12F2N4O3S/c21-11-2-4-12(14(22)8-11)15-9-23-25-26(15)20-24-18-13-3-1-10(19(27)28)7-16(13)29-6-5-17(18)30-20/h1-4,7-9H,5-6H2,(H,27,28). The lowest BCUT2D eigenvalue weighted by molar-refractivity contribution is 0.0696. The van der Waals surface area contributed by atoms with Crippen molar-refractivity contribution in [1.29, 1.82) is 0 Å². The first-order valence-electron chi connectivity index (χ1n) is 8.88. The number of aromatic nitrogens is 4. The molecule has 0 unspecified atom stereocenters. The number of rotatable bonds is 3. The summed E-state index contributed by atoms with van der Waals surface area (Å²) >= 11 is 1.35. The van der Waals surface area contributed by atoms with Gasteiger partial charge in [0.15, 0.2) is 0 Å². The number of carbonyl (C=O) groups is 1. The molecule has 0 amide bonds. The van der Waals surface area contributed by atoms with Crippen LogP contribution in [0.1, 0.15) is 15.2 Å². The Bertz CT molecular complexity index is 1300. The molecule has 4 aromatic rings. The number of carboxylic acids is 1. The van der Waals surface area contributed by atoms with E-state index in [1.807, 2.05) is 0 Å². The van der Waals surface area contributed by atoms with Crippen LogP contribution in [0.3, 0.4) is 0 Å². The van der Waals surface area contributed by atoms with Crippen molar-refractivity contribution < 1.29 is 23.4 Å². The van der Waals surface area contributed by atoms with E-state index < -0.39 is 17.6 Å². The second-order valence-electron chi connectivity index (χ2n) is 6.54. The van der Waals surface area contributed by atoms with Crippen LogP contribution in [0.5, 0.6) is 5.75 Å². The van der Waals surface area contributed by atoms with Crippen molar-refractivity contribution in [3.8, 4) is 33.4 Å². The van der Waals surface area contributed by atoms with E-state index in [1.54, 1.807) is 6.07 Å². The minimum absolute atomic E-state index is 0.123. The van der Waals surface area contributed by atoms with E-state index in [-0.39, 0.29) is 11.1 Å². The summed E-state index contributed by atoms with van der Waals surface area (Å²) in [5.74, 6) is -2.00. The highest BCUT2D eigenvalue weighted by Crippen LogP contribution is 2.39. The van der Waals surface area contributed by atoms with Crippen LogP contribution in [0.4, 0.5) is 8.78 Å². The zero-order valence-electron chi connectivity index (χ0n) is 15.2. The highest BCUT2D eigenvalue weighted by Gasteiger charge is 2.24. The highest BCUT2D eigenvalue weighted by molar-refractivity contribution is 7.14. The number of aromatic carboxylic acids is 1. The van der Waals surface area contributed by atoms with Crippen LogP contribution in [0.2, 0.25) is 0 Å². The maximum absolute atomic E-state index is 14.3. The van der Waals surface area contributed by atoms with Gasteiger partial charge in [-0.1, -0.05) is 16.6 Å². The Labute approximate surface area is 172 Å². The van der Waals surface area contributed by atoms with Crippen molar-refractivity contribution in [3.63, 3.8) is 0 Å². The molecule has 1 aliphatic heterocycles. The van der Waals surface area contributed by atoms with E-state index in [1.165, 1.54) is 46.5 Å². The molecule has 30 heavy (non-hydrogen) atoms. The second-order valence-corrected chi connectivity index (χ2v) is 7.60. The topological polar surface area (TPSA) is 90.1 Å². The normalized spacial score (nSPS) is 12.6. The molecule has 0 saturated heterocycles. The molecule has 1 N–H and O–H groups in total. The second kappa shape index (κ2) is 6.99. The molecule has 7 nitrogen and oxygen atoms in total. The molecule has 0 bridgehead atoms. The van der Waals surface area contributed by atoms with Crippen LogP contribution < -0.4 is 4.74 Å². The van der Waals surface area contributed by atoms with Crippen molar-refractivity contribution >= 4 is 17.3 Å². The summed E-state index contributed by atoms with van der Waals surface area (Å²) in [6, 6.07) is 7.93. The average Bonchev–Trinajstić information content (AvgIpc) is 3.32. The van der Waals surface area contributed by atoms with E-state index in [4.69, 9.17) is 4.74 Å². The molecule has 0 atom stereocenters. The molecule has 0 fully saturated rings. The van der Waals surface area contributed by atoms with Crippen molar-refractivity contribution in [3.05, 3.63) is 64.7 Å². The first-order valence-corrected chi connectivity index (χ1v) is 9.69. The molecule has 1 aliphatic rings. The molecule has 3 heterocycles.